The molecule has 2 heterocycles. The van der Waals surface area contributed by atoms with Crippen molar-refractivity contribution in [3.63, 3.8) is 0 Å². The summed E-state index contributed by atoms with van der Waals surface area (Å²) in [6.45, 7) is 20.0. The Morgan fingerprint density at radius 1 is 0.554 bits per heavy atom. The fraction of sp³-hybridized carbons (Fsp3) is 0.565. The van der Waals surface area contributed by atoms with Gasteiger partial charge in [0.25, 0.3) is 0 Å². The zero-order chi connectivity index (χ0) is 40.1. The van der Waals surface area contributed by atoms with Crippen molar-refractivity contribution in [3.05, 3.63) is 60.9 Å². The van der Waals surface area contributed by atoms with E-state index < -0.39 is 0 Å². The molecule has 2 aromatic heterocycles. The Morgan fingerprint density at radius 3 is 1.55 bits per heavy atom. The van der Waals surface area contributed by atoms with Crippen molar-refractivity contribution < 1.29 is 9.59 Å². The first kappa shape index (κ1) is 44.4. The van der Waals surface area contributed by atoms with Gasteiger partial charge in [-0.25, -0.2) is 0 Å². The van der Waals surface area contributed by atoms with Gasteiger partial charge in [-0.2, -0.15) is 0 Å². The van der Waals surface area contributed by atoms with E-state index in [1.165, 1.54) is 0 Å². The van der Waals surface area contributed by atoms with Crippen molar-refractivity contribution in [2.45, 2.75) is 131 Å². The van der Waals surface area contributed by atoms with Crippen LogP contribution in [0.2, 0.25) is 0 Å². The van der Waals surface area contributed by atoms with Crippen LogP contribution in [0.15, 0.2) is 60.9 Å². The van der Waals surface area contributed by atoms with Crippen molar-refractivity contribution in [1.29, 1.82) is 0 Å². The van der Waals surface area contributed by atoms with Gasteiger partial charge in [-0.1, -0.05) is 53.4 Å². The van der Waals surface area contributed by atoms with Gasteiger partial charge in [-0.3, -0.25) is 19.6 Å². The van der Waals surface area contributed by atoms with Crippen molar-refractivity contribution >= 4 is 56.4 Å². The van der Waals surface area contributed by atoms with Crippen molar-refractivity contribution in [2.24, 2.45) is 0 Å². The van der Waals surface area contributed by atoms with Crippen molar-refractivity contribution in [2.75, 3.05) is 60.5 Å². The smallest absolute Gasteiger partial charge is 0.224 e. The van der Waals surface area contributed by atoms with Crippen LogP contribution in [-0.4, -0.2) is 82.9 Å². The molecule has 4 aromatic rings. The van der Waals surface area contributed by atoms with Gasteiger partial charge in [0, 0.05) is 70.8 Å². The highest BCUT2D eigenvalue weighted by molar-refractivity contribution is 5.98. The Bertz CT molecular complexity index is 1770. The standard InChI is InChI=1S/C46H70N8O2/c1-7-53(8-2)31-17-19-35(5)49-42-27-30-48-44-34-38(23-25-39(42)44)52-46(56)22-16-14-12-11-13-15-21-45(55)51-37-24-26-41-40(33-37)43(28-29-47-41)50-36(6)20-18-32-54(9-3)10-4/h23-30,33-36H,7-22,31-32H2,1-6H3,(H,47,50)(H,48,49)(H,51,55)(H,52,56). The maximum Gasteiger partial charge on any atom is 0.224 e. The summed E-state index contributed by atoms with van der Waals surface area (Å²) in [5.41, 5.74) is 5.49. The van der Waals surface area contributed by atoms with Gasteiger partial charge in [0.2, 0.25) is 11.8 Å². The number of pyridine rings is 2. The molecule has 306 valence electrons. The van der Waals surface area contributed by atoms with E-state index in [4.69, 9.17) is 0 Å². The quantitative estimate of drug-likeness (QED) is 0.0444. The topological polar surface area (TPSA) is 115 Å². The molecule has 0 aliphatic carbocycles. The third-order valence-electron chi connectivity index (χ3n) is 10.9. The van der Waals surface area contributed by atoms with E-state index in [1.54, 1.807) is 0 Å². The predicted molar refractivity (Wildman–Crippen MR) is 238 cm³/mol. The fourth-order valence-electron chi connectivity index (χ4n) is 7.42. The molecule has 0 spiro atoms. The average molecular weight is 767 g/mol. The lowest BCUT2D eigenvalue weighted by Crippen LogP contribution is -2.25. The molecule has 4 rings (SSSR count). The van der Waals surface area contributed by atoms with Gasteiger partial charge in [-0.15, -0.1) is 0 Å². The fourth-order valence-corrected chi connectivity index (χ4v) is 7.42. The summed E-state index contributed by atoms with van der Waals surface area (Å²) in [4.78, 5) is 39.6. The van der Waals surface area contributed by atoms with E-state index in [0.29, 0.717) is 24.9 Å². The summed E-state index contributed by atoms with van der Waals surface area (Å²) in [6, 6.07) is 16.7. The largest absolute Gasteiger partial charge is 0.382 e. The first-order valence-electron chi connectivity index (χ1n) is 21.6. The Balaban J connectivity index is 1.10. The number of carbonyl (C=O) groups is 2. The molecule has 2 aromatic carbocycles. The molecule has 10 nitrogen and oxygen atoms in total. The number of hydrogen-bond acceptors (Lipinski definition) is 8. The van der Waals surface area contributed by atoms with Crippen LogP contribution in [0.5, 0.6) is 0 Å². The van der Waals surface area contributed by atoms with Crippen LogP contribution < -0.4 is 21.3 Å². The Labute approximate surface area is 337 Å². The van der Waals surface area contributed by atoms with E-state index in [2.05, 4.69) is 82.6 Å². The minimum Gasteiger partial charge on any atom is -0.382 e. The Morgan fingerprint density at radius 2 is 1.02 bits per heavy atom. The molecule has 0 bridgehead atoms. The monoisotopic (exact) mass is 767 g/mol. The van der Waals surface area contributed by atoms with Crippen LogP contribution in [0.4, 0.5) is 22.7 Å². The summed E-state index contributed by atoms with van der Waals surface area (Å²) in [7, 11) is 0. The summed E-state index contributed by atoms with van der Waals surface area (Å²) in [6.07, 6.45) is 15.0. The van der Waals surface area contributed by atoms with E-state index >= 15 is 0 Å². The third kappa shape index (κ3) is 15.0. The highest BCUT2D eigenvalue weighted by atomic mass is 16.2. The van der Waals surface area contributed by atoms with Gasteiger partial charge in [0.05, 0.1) is 11.0 Å². The molecule has 2 atom stereocenters. The molecule has 2 amide bonds. The van der Waals surface area contributed by atoms with Gasteiger partial charge in [0.1, 0.15) is 0 Å². The number of amides is 2. The van der Waals surface area contributed by atoms with E-state index in [-0.39, 0.29) is 11.8 Å². The summed E-state index contributed by atoms with van der Waals surface area (Å²) < 4.78 is 0. The first-order valence-corrected chi connectivity index (χ1v) is 21.6. The molecule has 4 N–H and O–H groups in total. The molecule has 10 heteroatoms. The molecule has 2 unspecified atom stereocenters. The molecule has 0 aliphatic rings. The number of anilines is 4. The molecule has 0 saturated heterocycles. The number of unbranched alkanes of at least 4 members (excludes halogenated alkanes) is 5. The number of carbonyl (C=O) groups excluding carboxylic acids is 2. The predicted octanol–water partition coefficient (Wildman–Crippen LogP) is 10.3. The minimum atomic E-state index is 0.0323. The molecule has 0 saturated carbocycles. The number of aromatic nitrogens is 2. The maximum absolute atomic E-state index is 12.8. The lowest BCUT2D eigenvalue weighted by molar-refractivity contribution is -0.117. The second kappa shape index (κ2) is 24.4. The van der Waals surface area contributed by atoms with Crippen LogP contribution in [0.1, 0.15) is 119 Å². The molecule has 0 radical (unpaired) electrons. The van der Waals surface area contributed by atoms with Gasteiger partial charge in [-0.05, 0) is 140 Å². The molecular formula is C46H70N8O2. The highest BCUT2D eigenvalue weighted by Crippen LogP contribution is 2.27. The number of rotatable bonds is 27. The number of nitrogens with one attached hydrogen (secondary N) is 4. The van der Waals surface area contributed by atoms with Crippen molar-refractivity contribution in [1.82, 2.24) is 19.8 Å². The SMILES string of the molecule is CCN(CC)CCCC(C)Nc1ccnc2cc(NC(=O)CCCCCCCCC(=O)Nc3ccc4nccc(NC(C)CCCN(CC)CC)c4c3)ccc12. The van der Waals surface area contributed by atoms with E-state index in [1.807, 2.05) is 60.9 Å². The number of fused-ring (bicyclic) bond motifs is 2. The molecular weight excluding hydrogens is 697 g/mol. The van der Waals surface area contributed by atoms with Gasteiger partial charge < -0.3 is 31.1 Å². The summed E-state index contributed by atoms with van der Waals surface area (Å²) >= 11 is 0. The number of nitrogens with zero attached hydrogens (tertiary/aromatic N) is 4. The minimum absolute atomic E-state index is 0.0323. The molecule has 56 heavy (non-hydrogen) atoms. The third-order valence-corrected chi connectivity index (χ3v) is 10.9. The first-order chi connectivity index (χ1) is 27.2. The molecule has 0 fully saturated rings. The normalized spacial score (nSPS) is 12.6. The van der Waals surface area contributed by atoms with E-state index in [0.717, 1.165) is 148 Å². The molecule has 0 aliphatic heterocycles. The maximum atomic E-state index is 12.8. The average Bonchev–Trinajstić information content (AvgIpc) is 3.19. The van der Waals surface area contributed by atoms with Crippen LogP contribution >= 0.6 is 0 Å². The second-order valence-corrected chi connectivity index (χ2v) is 15.3. The highest BCUT2D eigenvalue weighted by Gasteiger charge is 2.12. The lowest BCUT2D eigenvalue weighted by Gasteiger charge is -2.21. The zero-order valence-electron chi connectivity index (χ0n) is 35.3. The van der Waals surface area contributed by atoms with Crippen LogP contribution in [0.25, 0.3) is 21.8 Å². The van der Waals surface area contributed by atoms with Gasteiger partial charge in [0.15, 0.2) is 0 Å². The zero-order valence-corrected chi connectivity index (χ0v) is 35.3. The number of hydrogen-bond donors (Lipinski definition) is 4. The Hall–Kier alpha value is -4.28. The second-order valence-electron chi connectivity index (χ2n) is 15.3. The lowest BCUT2D eigenvalue weighted by atomic mass is 10.1. The van der Waals surface area contributed by atoms with E-state index in [9.17, 15) is 9.59 Å². The van der Waals surface area contributed by atoms with Crippen LogP contribution in [-0.2, 0) is 9.59 Å². The van der Waals surface area contributed by atoms with Crippen LogP contribution in [0.3, 0.4) is 0 Å². The van der Waals surface area contributed by atoms with Gasteiger partial charge >= 0.3 is 0 Å². The Kier molecular flexibility index (Phi) is 19.3. The number of benzene rings is 2. The summed E-state index contributed by atoms with van der Waals surface area (Å²) in [5, 5.41) is 15.6. The van der Waals surface area contributed by atoms with Crippen LogP contribution in [0, 0.1) is 0 Å². The van der Waals surface area contributed by atoms with Crippen molar-refractivity contribution in [3.8, 4) is 0 Å². The summed E-state index contributed by atoms with van der Waals surface area (Å²) in [5.74, 6) is 0.0708.